The number of H-pyrrole nitrogens is 1. The van der Waals surface area contributed by atoms with Crippen molar-refractivity contribution >= 4 is 34.4 Å². The smallest absolute Gasteiger partial charge is 0.328 e. The number of nitrogens with zero attached hydrogens (tertiary/aromatic N) is 1. The number of hydrogen-bond donors (Lipinski definition) is 3. The Morgan fingerprint density at radius 3 is 2.90 bits per heavy atom. The highest BCUT2D eigenvalue weighted by Crippen LogP contribution is 2.19. The number of aromatic amines is 1. The van der Waals surface area contributed by atoms with E-state index >= 15 is 0 Å². The number of anilines is 1. The highest BCUT2D eigenvalue weighted by Gasteiger charge is 2.12. The summed E-state index contributed by atoms with van der Waals surface area (Å²) in [7, 11) is 0. The summed E-state index contributed by atoms with van der Waals surface area (Å²) in [6.45, 7) is 1.71. The van der Waals surface area contributed by atoms with Gasteiger partial charge in [0.1, 0.15) is 5.56 Å². The lowest BCUT2D eigenvalue weighted by molar-refractivity contribution is -0.131. The van der Waals surface area contributed by atoms with E-state index in [0.29, 0.717) is 10.6 Å². The molecule has 7 nitrogen and oxygen atoms in total. The molecule has 0 saturated heterocycles. The quantitative estimate of drug-likeness (QED) is 0.741. The fraction of sp³-hybridized carbons (Fsp3) is 0.0769. The molecule has 1 amide bonds. The number of pyridine rings is 1. The van der Waals surface area contributed by atoms with E-state index in [1.807, 2.05) is 0 Å². The second-order valence-electron chi connectivity index (χ2n) is 4.09. The normalized spacial score (nSPS) is 10.7. The Morgan fingerprint density at radius 1 is 1.48 bits per heavy atom. The number of nitrogens with one attached hydrogen (secondary N) is 2. The van der Waals surface area contributed by atoms with Crippen LogP contribution in [0.2, 0.25) is 0 Å². The maximum absolute atomic E-state index is 11.9. The Kier molecular flexibility index (Phi) is 4.29. The molecule has 0 unspecified atom stereocenters. The van der Waals surface area contributed by atoms with E-state index in [9.17, 15) is 14.4 Å². The predicted octanol–water partition coefficient (Wildman–Crippen LogP) is 1.49. The molecule has 2 rings (SSSR count). The monoisotopic (exact) mass is 305 g/mol. The molecule has 3 N–H and O–H groups in total. The SMILES string of the molecule is Cc1cc(=O)c(C(=O)Nc2ncc(/C=C/C(=O)O)s2)c[nH]1. The van der Waals surface area contributed by atoms with Crippen LogP contribution < -0.4 is 10.7 Å². The molecule has 0 spiro atoms. The maximum atomic E-state index is 11.9. The molecule has 2 aromatic rings. The molecule has 0 saturated carbocycles. The number of hydrogen-bond acceptors (Lipinski definition) is 5. The zero-order valence-electron chi connectivity index (χ0n) is 10.9. The van der Waals surface area contributed by atoms with Crippen LogP contribution in [-0.2, 0) is 4.79 Å². The van der Waals surface area contributed by atoms with Crippen molar-refractivity contribution in [3.05, 3.63) is 50.9 Å². The Morgan fingerprint density at radius 2 is 2.24 bits per heavy atom. The minimum absolute atomic E-state index is 0.0153. The first-order chi connectivity index (χ1) is 9.95. The minimum Gasteiger partial charge on any atom is -0.478 e. The first-order valence-corrected chi connectivity index (χ1v) is 6.65. The van der Waals surface area contributed by atoms with Crippen LogP contribution in [0, 0.1) is 6.92 Å². The fourth-order valence-electron chi connectivity index (χ4n) is 1.49. The molecular weight excluding hydrogens is 294 g/mol. The number of rotatable bonds is 4. The molecule has 0 bridgehead atoms. The summed E-state index contributed by atoms with van der Waals surface area (Å²) < 4.78 is 0. The van der Waals surface area contributed by atoms with Crippen molar-refractivity contribution in [2.24, 2.45) is 0 Å². The van der Waals surface area contributed by atoms with E-state index in [2.05, 4.69) is 15.3 Å². The molecule has 2 aromatic heterocycles. The molecule has 0 aliphatic carbocycles. The number of thiazole rings is 1. The van der Waals surface area contributed by atoms with Gasteiger partial charge < -0.3 is 10.1 Å². The van der Waals surface area contributed by atoms with Crippen LogP contribution in [0.15, 0.2) is 29.3 Å². The van der Waals surface area contributed by atoms with Gasteiger partial charge in [0.2, 0.25) is 0 Å². The summed E-state index contributed by atoms with van der Waals surface area (Å²) in [5.74, 6) is -1.64. The highest BCUT2D eigenvalue weighted by atomic mass is 32.1. The van der Waals surface area contributed by atoms with Gasteiger partial charge in [-0.1, -0.05) is 11.3 Å². The Balaban J connectivity index is 2.13. The molecular formula is C13H11N3O4S. The number of carboxylic acids is 1. The number of amides is 1. The van der Waals surface area contributed by atoms with Crippen molar-refractivity contribution < 1.29 is 14.7 Å². The zero-order valence-corrected chi connectivity index (χ0v) is 11.7. The third-order valence-corrected chi connectivity index (χ3v) is 3.31. The van der Waals surface area contributed by atoms with Crippen molar-refractivity contribution in [3.63, 3.8) is 0 Å². The Hall–Kier alpha value is -2.74. The summed E-state index contributed by atoms with van der Waals surface area (Å²) in [4.78, 5) is 41.3. The van der Waals surface area contributed by atoms with E-state index in [0.717, 1.165) is 17.4 Å². The summed E-state index contributed by atoms with van der Waals surface area (Å²) in [6.07, 6.45) is 5.11. The van der Waals surface area contributed by atoms with E-state index in [1.165, 1.54) is 24.5 Å². The van der Waals surface area contributed by atoms with Crippen molar-refractivity contribution in [2.45, 2.75) is 6.92 Å². The van der Waals surface area contributed by atoms with Crippen LogP contribution in [-0.4, -0.2) is 27.0 Å². The van der Waals surface area contributed by atoms with E-state index in [1.54, 1.807) is 6.92 Å². The molecule has 0 atom stereocenters. The first-order valence-electron chi connectivity index (χ1n) is 5.83. The predicted molar refractivity (Wildman–Crippen MR) is 78.5 cm³/mol. The number of carbonyl (C=O) groups excluding carboxylic acids is 1. The lowest BCUT2D eigenvalue weighted by Gasteiger charge is -2.01. The Bertz CT molecular complexity index is 776. The summed E-state index contributed by atoms with van der Waals surface area (Å²) in [6, 6.07) is 1.33. The molecule has 0 aliphatic heterocycles. The summed E-state index contributed by atoms with van der Waals surface area (Å²) in [5.41, 5.74) is 0.261. The van der Waals surface area contributed by atoms with Crippen LogP contribution in [0.5, 0.6) is 0 Å². The third-order valence-electron chi connectivity index (χ3n) is 2.44. The van der Waals surface area contributed by atoms with Gasteiger partial charge in [-0.25, -0.2) is 9.78 Å². The van der Waals surface area contributed by atoms with Gasteiger partial charge in [0.15, 0.2) is 10.6 Å². The maximum Gasteiger partial charge on any atom is 0.328 e. The first kappa shape index (κ1) is 14.7. The number of aromatic nitrogens is 2. The molecule has 21 heavy (non-hydrogen) atoms. The van der Waals surface area contributed by atoms with E-state index in [-0.39, 0.29) is 16.1 Å². The minimum atomic E-state index is -1.07. The van der Waals surface area contributed by atoms with Gasteiger partial charge in [-0.05, 0) is 13.0 Å². The number of aliphatic carboxylic acids is 1. The summed E-state index contributed by atoms with van der Waals surface area (Å²) in [5, 5.41) is 11.3. The van der Waals surface area contributed by atoms with E-state index < -0.39 is 11.9 Å². The fourth-order valence-corrected chi connectivity index (χ4v) is 2.20. The van der Waals surface area contributed by atoms with Crippen molar-refractivity contribution in [1.29, 1.82) is 0 Å². The summed E-state index contributed by atoms with van der Waals surface area (Å²) >= 11 is 1.10. The average molecular weight is 305 g/mol. The zero-order chi connectivity index (χ0) is 15.4. The molecule has 8 heteroatoms. The Labute approximate surface area is 123 Å². The third kappa shape index (κ3) is 3.86. The molecule has 2 heterocycles. The second kappa shape index (κ2) is 6.14. The van der Waals surface area contributed by atoms with Gasteiger partial charge in [-0.2, -0.15) is 0 Å². The van der Waals surface area contributed by atoms with Gasteiger partial charge in [0.25, 0.3) is 5.91 Å². The van der Waals surface area contributed by atoms with Crippen molar-refractivity contribution in [2.75, 3.05) is 5.32 Å². The van der Waals surface area contributed by atoms with Crippen molar-refractivity contribution in [1.82, 2.24) is 9.97 Å². The van der Waals surface area contributed by atoms with Crippen LogP contribution in [0.4, 0.5) is 5.13 Å². The molecule has 0 aliphatic rings. The van der Waals surface area contributed by atoms with Crippen LogP contribution in [0.25, 0.3) is 6.08 Å². The van der Waals surface area contributed by atoms with Gasteiger partial charge in [-0.3, -0.25) is 14.9 Å². The molecule has 0 fully saturated rings. The van der Waals surface area contributed by atoms with Gasteiger partial charge in [0.05, 0.1) is 0 Å². The second-order valence-corrected chi connectivity index (χ2v) is 5.15. The standard InChI is InChI=1S/C13H11N3O4S/c1-7-4-10(17)9(6-14-7)12(20)16-13-15-5-8(21-13)2-3-11(18)19/h2-6H,1H3,(H,14,17)(H,18,19)(H,15,16,20)/b3-2+. The van der Waals surface area contributed by atoms with Crippen molar-refractivity contribution in [3.8, 4) is 0 Å². The van der Waals surface area contributed by atoms with E-state index in [4.69, 9.17) is 5.11 Å². The lowest BCUT2D eigenvalue weighted by atomic mass is 10.2. The van der Waals surface area contributed by atoms with Crippen LogP contribution in [0.1, 0.15) is 20.9 Å². The average Bonchev–Trinajstić information content (AvgIpc) is 2.83. The molecule has 108 valence electrons. The van der Waals surface area contributed by atoms with Gasteiger partial charge >= 0.3 is 5.97 Å². The number of aryl methyl sites for hydroxylation is 1. The van der Waals surface area contributed by atoms with Gasteiger partial charge in [-0.15, -0.1) is 0 Å². The highest BCUT2D eigenvalue weighted by molar-refractivity contribution is 7.16. The number of carbonyl (C=O) groups is 2. The largest absolute Gasteiger partial charge is 0.478 e. The molecule has 0 aromatic carbocycles. The topological polar surface area (TPSA) is 112 Å². The lowest BCUT2D eigenvalue weighted by Crippen LogP contribution is -2.21. The molecule has 0 radical (unpaired) electrons. The van der Waals surface area contributed by atoms with Gasteiger partial charge in [0, 0.05) is 35.1 Å². The number of carboxylic acid groups (broad SMARTS) is 1. The van der Waals surface area contributed by atoms with Crippen LogP contribution >= 0.6 is 11.3 Å². The van der Waals surface area contributed by atoms with Crippen LogP contribution in [0.3, 0.4) is 0 Å².